The van der Waals surface area contributed by atoms with E-state index in [9.17, 15) is 4.79 Å². The van der Waals surface area contributed by atoms with Crippen LogP contribution in [0.2, 0.25) is 5.02 Å². The average molecular weight is 408 g/mol. The lowest BCUT2D eigenvalue weighted by molar-refractivity contribution is 0.0603. The van der Waals surface area contributed by atoms with Crippen LogP contribution in [0.1, 0.15) is 36.0 Å². The molecule has 1 aromatic rings. The minimum atomic E-state index is 0.120. The summed E-state index contributed by atoms with van der Waals surface area (Å²) in [6, 6.07) is 6.18. The largest absolute Gasteiger partial charge is 0.333 e. The number of carbonyl (C=O) groups excluding carboxylic acids is 1. The Morgan fingerprint density at radius 3 is 2.42 bits per heavy atom. The highest BCUT2D eigenvalue weighted by molar-refractivity contribution is 9.10. The van der Waals surface area contributed by atoms with Crippen molar-refractivity contribution in [3.63, 3.8) is 0 Å². The molecule has 1 amide bonds. The van der Waals surface area contributed by atoms with E-state index in [4.69, 9.17) is 11.6 Å². The molecule has 2 heterocycles. The van der Waals surface area contributed by atoms with Gasteiger partial charge in [-0.2, -0.15) is 0 Å². The van der Waals surface area contributed by atoms with Crippen LogP contribution in [0.3, 0.4) is 0 Å². The molecule has 0 N–H and O–H groups in total. The molecule has 0 saturated carbocycles. The summed E-state index contributed by atoms with van der Waals surface area (Å²) < 4.78 is 0.853. The van der Waals surface area contributed by atoms with Crippen molar-refractivity contribution in [1.82, 2.24) is 4.90 Å². The van der Waals surface area contributed by atoms with Crippen molar-refractivity contribution in [2.24, 2.45) is 0 Å². The Hall–Kier alpha value is -0.0600. The second kappa shape index (κ2) is 5.38. The number of halogens is 3. The summed E-state index contributed by atoms with van der Waals surface area (Å²) in [6.45, 7) is 0. The first-order valence-electron chi connectivity index (χ1n) is 6.47. The third-order valence-electron chi connectivity index (χ3n) is 4.02. The molecule has 0 spiro atoms. The zero-order chi connectivity index (χ0) is 13.6. The fourth-order valence-corrected chi connectivity index (χ4v) is 4.99. The average Bonchev–Trinajstić information content (AvgIpc) is 2.59. The molecular formula is C14H14Br2ClNO. The summed E-state index contributed by atoms with van der Waals surface area (Å²) in [5.74, 6) is 0.120. The van der Waals surface area contributed by atoms with Crippen LogP contribution in [0.5, 0.6) is 0 Å². The summed E-state index contributed by atoms with van der Waals surface area (Å²) in [7, 11) is 0. The van der Waals surface area contributed by atoms with Crippen molar-refractivity contribution in [1.29, 1.82) is 0 Å². The Morgan fingerprint density at radius 2 is 1.84 bits per heavy atom. The molecule has 2 aliphatic heterocycles. The Kier molecular flexibility index (Phi) is 3.93. The Morgan fingerprint density at radius 1 is 1.21 bits per heavy atom. The summed E-state index contributed by atoms with van der Waals surface area (Å²) in [4.78, 5) is 15.3. The van der Waals surface area contributed by atoms with Gasteiger partial charge in [0.25, 0.3) is 5.91 Å². The lowest BCUT2D eigenvalue weighted by atomic mass is 10.0. The van der Waals surface area contributed by atoms with Crippen LogP contribution < -0.4 is 0 Å². The number of amides is 1. The van der Waals surface area contributed by atoms with Crippen molar-refractivity contribution in [2.75, 3.05) is 0 Å². The Bertz CT molecular complexity index is 488. The van der Waals surface area contributed by atoms with Crippen molar-refractivity contribution in [3.05, 3.63) is 33.3 Å². The van der Waals surface area contributed by atoms with Crippen LogP contribution in [-0.2, 0) is 0 Å². The van der Waals surface area contributed by atoms with Crippen molar-refractivity contribution >= 4 is 49.4 Å². The van der Waals surface area contributed by atoms with Gasteiger partial charge in [0.2, 0.25) is 0 Å². The molecular weight excluding hydrogens is 393 g/mol. The zero-order valence-electron chi connectivity index (χ0n) is 10.3. The third kappa shape index (κ3) is 2.72. The van der Waals surface area contributed by atoms with Crippen LogP contribution >= 0.6 is 43.5 Å². The van der Waals surface area contributed by atoms with Crippen molar-refractivity contribution in [2.45, 2.75) is 42.6 Å². The molecule has 19 heavy (non-hydrogen) atoms. The third-order valence-corrected chi connectivity index (χ3v) is 5.44. The number of alkyl halides is 1. The summed E-state index contributed by atoms with van der Waals surface area (Å²) >= 11 is 13.1. The number of hydrogen-bond donors (Lipinski definition) is 0. The number of benzene rings is 1. The van der Waals surface area contributed by atoms with Crippen LogP contribution in [0.4, 0.5) is 0 Å². The van der Waals surface area contributed by atoms with Gasteiger partial charge in [-0.3, -0.25) is 4.79 Å². The Labute approximate surface area is 134 Å². The summed E-state index contributed by atoms with van der Waals surface area (Å²) in [5.41, 5.74) is 0.685. The van der Waals surface area contributed by atoms with E-state index in [1.165, 1.54) is 0 Å². The normalized spacial score (nSPS) is 29.6. The maximum atomic E-state index is 12.7. The maximum Gasteiger partial charge on any atom is 0.254 e. The van der Waals surface area contributed by atoms with Gasteiger partial charge >= 0.3 is 0 Å². The maximum absolute atomic E-state index is 12.7. The highest BCUT2D eigenvalue weighted by Crippen LogP contribution is 2.39. The molecule has 2 saturated heterocycles. The fraction of sp³-hybridized carbons (Fsp3) is 0.500. The van der Waals surface area contributed by atoms with Gasteiger partial charge in [-0.15, -0.1) is 0 Å². The molecule has 0 aromatic heterocycles. The second-order valence-corrected chi connectivity index (χ2v) is 7.97. The molecule has 0 radical (unpaired) electrons. The van der Waals surface area contributed by atoms with E-state index < -0.39 is 0 Å². The van der Waals surface area contributed by atoms with Gasteiger partial charge in [0, 0.05) is 32.0 Å². The van der Waals surface area contributed by atoms with E-state index in [1.54, 1.807) is 12.1 Å². The molecule has 3 rings (SSSR count). The smallest absolute Gasteiger partial charge is 0.254 e. The molecule has 2 bridgehead atoms. The topological polar surface area (TPSA) is 20.3 Å². The minimum Gasteiger partial charge on any atom is -0.333 e. The van der Waals surface area contributed by atoms with Crippen LogP contribution in [0.15, 0.2) is 22.7 Å². The van der Waals surface area contributed by atoms with Gasteiger partial charge in [0.1, 0.15) is 0 Å². The number of hydrogen-bond acceptors (Lipinski definition) is 1. The van der Waals surface area contributed by atoms with Gasteiger partial charge in [-0.1, -0.05) is 43.5 Å². The van der Waals surface area contributed by atoms with Crippen molar-refractivity contribution < 1.29 is 4.79 Å². The fourth-order valence-electron chi connectivity index (χ4n) is 3.27. The highest BCUT2D eigenvalue weighted by atomic mass is 79.9. The van der Waals surface area contributed by atoms with E-state index >= 15 is 0 Å². The SMILES string of the molecule is O=C(c1cc(Cl)cc(Br)c1)N1C2CCC1CC(Br)C2. The van der Waals surface area contributed by atoms with Crippen molar-refractivity contribution in [3.8, 4) is 0 Å². The summed E-state index contributed by atoms with van der Waals surface area (Å²) in [5, 5.41) is 0.598. The monoisotopic (exact) mass is 405 g/mol. The number of carbonyl (C=O) groups is 1. The van der Waals surface area contributed by atoms with E-state index in [0.29, 0.717) is 27.5 Å². The summed E-state index contributed by atoms with van der Waals surface area (Å²) in [6.07, 6.45) is 4.37. The first-order valence-corrected chi connectivity index (χ1v) is 8.56. The van der Waals surface area contributed by atoms with Crippen LogP contribution in [-0.4, -0.2) is 27.7 Å². The number of fused-ring (bicyclic) bond motifs is 2. The quantitative estimate of drug-likeness (QED) is 0.622. The molecule has 2 aliphatic rings. The Balaban J connectivity index is 1.88. The molecule has 102 valence electrons. The van der Waals surface area contributed by atoms with Gasteiger partial charge < -0.3 is 4.90 Å². The van der Waals surface area contributed by atoms with Gasteiger partial charge in [0.15, 0.2) is 0 Å². The molecule has 1 aromatic carbocycles. The number of piperidine rings is 1. The predicted octanol–water partition coefficient (Wildman–Crippen LogP) is 4.63. The first kappa shape index (κ1) is 13.9. The van der Waals surface area contributed by atoms with E-state index in [2.05, 4.69) is 36.8 Å². The predicted molar refractivity (Wildman–Crippen MR) is 84.1 cm³/mol. The molecule has 5 heteroatoms. The van der Waals surface area contributed by atoms with Gasteiger partial charge in [-0.05, 0) is 43.9 Å². The van der Waals surface area contributed by atoms with E-state index in [1.807, 2.05) is 6.07 Å². The molecule has 2 fully saturated rings. The lowest BCUT2D eigenvalue weighted by Gasteiger charge is -2.37. The number of rotatable bonds is 1. The minimum absolute atomic E-state index is 0.120. The van der Waals surface area contributed by atoms with Crippen LogP contribution in [0.25, 0.3) is 0 Å². The van der Waals surface area contributed by atoms with Gasteiger partial charge in [-0.25, -0.2) is 0 Å². The van der Waals surface area contributed by atoms with Crippen LogP contribution in [0, 0.1) is 0 Å². The number of nitrogens with zero attached hydrogens (tertiary/aromatic N) is 1. The lowest BCUT2D eigenvalue weighted by Crippen LogP contribution is -2.46. The molecule has 2 unspecified atom stereocenters. The second-order valence-electron chi connectivity index (χ2n) is 5.32. The molecule has 2 atom stereocenters. The highest BCUT2D eigenvalue weighted by Gasteiger charge is 2.42. The molecule has 2 nitrogen and oxygen atoms in total. The van der Waals surface area contributed by atoms with E-state index in [0.717, 1.165) is 30.2 Å². The standard InChI is InChI=1S/C14H14Br2ClNO/c15-9-3-8(4-11(17)5-9)14(19)18-12-1-2-13(18)7-10(16)6-12/h3-5,10,12-13H,1-2,6-7H2. The zero-order valence-corrected chi connectivity index (χ0v) is 14.2. The first-order chi connectivity index (χ1) is 9.04. The van der Waals surface area contributed by atoms with E-state index in [-0.39, 0.29) is 5.91 Å². The van der Waals surface area contributed by atoms with Gasteiger partial charge in [0.05, 0.1) is 0 Å². The molecule has 0 aliphatic carbocycles.